The minimum Gasteiger partial charge on any atom is -0.481 e. The first-order valence-corrected chi connectivity index (χ1v) is 10.1. The molecular weight excluding hydrogens is 338 g/mol. The Bertz CT molecular complexity index is 260. The molecule has 0 amide bonds. The Morgan fingerprint density at radius 2 is 1.23 bits per heavy atom. The third-order valence-electron chi connectivity index (χ3n) is 3.59. The van der Waals surface area contributed by atoms with Crippen LogP contribution in [0.1, 0.15) is 84.5 Å². The Morgan fingerprint density at radius 3 is 1.65 bits per heavy atom. The van der Waals surface area contributed by atoms with Crippen LogP contribution in [-0.4, -0.2) is 59.5 Å². The molecule has 0 spiro atoms. The topological polar surface area (TPSA) is 99.5 Å². The first-order chi connectivity index (χ1) is 12.6. The molecule has 7 heteroatoms. The van der Waals surface area contributed by atoms with Gasteiger partial charge in [-0.15, -0.1) is 0 Å². The first kappa shape index (κ1) is 27.5. The molecule has 158 valence electrons. The standard InChI is InChI=1S/C11H22O2.C8H19NO4/c1-2-3-4-5-6-7-8-9-10-11(12)13;1-2-3-4-9(12-7-5-10)13-8-6-11/h2-10H2,1H3,(H,12,13);10-11H,2-8H2,1H3. The average Bonchev–Trinajstić information content (AvgIpc) is 2.63. The molecule has 0 saturated heterocycles. The maximum absolute atomic E-state index is 10.2. The van der Waals surface area contributed by atoms with Crippen molar-refractivity contribution in [2.75, 3.05) is 33.0 Å². The van der Waals surface area contributed by atoms with Gasteiger partial charge in [0.05, 0.1) is 33.0 Å². The highest BCUT2D eigenvalue weighted by atomic mass is 16.9. The fourth-order valence-electron chi connectivity index (χ4n) is 2.15. The van der Waals surface area contributed by atoms with Crippen molar-refractivity contribution in [1.82, 2.24) is 5.23 Å². The number of hydrogen-bond acceptors (Lipinski definition) is 6. The van der Waals surface area contributed by atoms with E-state index in [-0.39, 0.29) is 26.4 Å². The molecule has 0 bridgehead atoms. The van der Waals surface area contributed by atoms with Gasteiger partial charge < -0.3 is 15.3 Å². The molecule has 26 heavy (non-hydrogen) atoms. The number of hydroxylamine groups is 2. The number of rotatable bonds is 18. The number of nitrogens with zero attached hydrogens (tertiary/aromatic N) is 1. The summed E-state index contributed by atoms with van der Waals surface area (Å²) in [5.74, 6) is -0.661. The smallest absolute Gasteiger partial charge is 0.303 e. The van der Waals surface area contributed by atoms with E-state index in [1.54, 1.807) is 0 Å². The van der Waals surface area contributed by atoms with Crippen molar-refractivity contribution in [3.05, 3.63) is 0 Å². The number of carboxylic acids is 1. The Balaban J connectivity index is 0. The minimum absolute atomic E-state index is 0.0366. The predicted molar refractivity (Wildman–Crippen MR) is 103 cm³/mol. The monoisotopic (exact) mass is 379 g/mol. The zero-order valence-corrected chi connectivity index (χ0v) is 16.8. The van der Waals surface area contributed by atoms with Crippen LogP contribution in [0, 0.1) is 0 Å². The molecular formula is C19H41NO6. The fraction of sp³-hybridized carbons (Fsp3) is 0.947. The van der Waals surface area contributed by atoms with E-state index in [0.717, 1.165) is 25.7 Å². The van der Waals surface area contributed by atoms with Crippen molar-refractivity contribution in [1.29, 1.82) is 0 Å². The van der Waals surface area contributed by atoms with E-state index in [2.05, 4.69) is 13.8 Å². The van der Waals surface area contributed by atoms with E-state index in [1.807, 2.05) is 0 Å². The zero-order chi connectivity index (χ0) is 19.9. The maximum Gasteiger partial charge on any atom is 0.303 e. The third kappa shape index (κ3) is 25.5. The summed E-state index contributed by atoms with van der Waals surface area (Å²) in [6.07, 6.45) is 12.1. The predicted octanol–water partition coefficient (Wildman–Crippen LogP) is 3.54. The molecule has 0 aromatic carbocycles. The van der Waals surface area contributed by atoms with Crippen LogP contribution < -0.4 is 0 Å². The van der Waals surface area contributed by atoms with Gasteiger partial charge in [0, 0.05) is 6.42 Å². The second kappa shape index (κ2) is 24.3. The number of aliphatic carboxylic acids is 1. The molecule has 0 radical (unpaired) electrons. The molecule has 0 unspecified atom stereocenters. The number of unbranched alkanes of at least 4 members (excludes halogenated alkanes) is 8. The van der Waals surface area contributed by atoms with E-state index in [0.29, 0.717) is 13.0 Å². The highest BCUT2D eigenvalue weighted by Crippen LogP contribution is 2.09. The van der Waals surface area contributed by atoms with Gasteiger partial charge in [0.15, 0.2) is 0 Å². The van der Waals surface area contributed by atoms with Crippen molar-refractivity contribution < 1.29 is 29.8 Å². The van der Waals surface area contributed by atoms with Gasteiger partial charge >= 0.3 is 5.97 Å². The van der Waals surface area contributed by atoms with Crippen molar-refractivity contribution in [2.24, 2.45) is 0 Å². The summed E-state index contributed by atoms with van der Waals surface area (Å²) in [6.45, 7) is 5.29. The van der Waals surface area contributed by atoms with E-state index in [4.69, 9.17) is 25.0 Å². The summed E-state index contributed by atoms with van der Waals surface area (Å²) in [4.78, 5) is 20.3. The van der Waals surface area contributed by atoms with Gasteiger partial charge in [-0.1, -0.05) is 70.4 Å². The van der Waals surface area contributed by atoms with Crippen LogP contribution in [0.3, 0.4) is 0 Å². The molecule has 0 atom stereocenters. The molecule has 0 aliphatic heterocycles. The third-order valence-corrected chi connectivity index (χ3v) is 3.59. The van der Waals surface area contributed by atoms with Gasteiger partial charge in [-0.25, -0.2) is 0 Å². The van der Waals surface area contributed by atoms with Crippen LogP contribution in [-0.2, 0) is 14.5 Å². The lowest BCUT2D eigenvalue weighted by atomic mass is 10.1. The lowest BCUT2D eigenvalue weighted by molar-refractivity contribution is -0.371. The van der Waals surface area contributed by atoms with Crippen molar-refractivity contribution in [3.63, 3.8) is 0 Å². The Hall–Kier alpha value is -0.730. The van der Waals surface area contributed by atoms with Gasteiger partial charge in [-0.3, -0.25) is 14.5 Å². The number of aliphatic hydroxyl groups excluding tert-OH is 2. The van der Waals surface area contributed by atoms with Crippen LogP contribution in [0.15, 0.2) is 0 Å². The maximum atomic E-state index is 10.2. The lowest BCUT2D eigenvalue weighted by Crippen LogP contribution is -2.28. The first-order valence-electron chi connectivity index (χ1n) is 10.1. The summed E-state index contributed by atoms with van der Waals surface area (Å²) in [6, 6.07) is 0. The highest BCUT2D eigenvalue weighted by Gasteiger charge is 2.04. The molecule has 7 nitrogen and oxygen atoms in total. The van der Waals surface area contributed by atoms with Gasteiger partial charge in [0.2, 0.25) is 0 Å². The molecule has 0 aliphatic rings. The van der Waals surface area contributed by atoms with E-state index in [9.17, 15) is 4.79 Å². The molecule has 0 aromatic rings. The van der Waals surface area contributed by atoms with Crippen molar-refractivity contribution in [2.45, 2.75) is 84.5 Å². The van der Waals surface area contributed by atoms with Crippen LogP contribution >= 0.6 is 0 Å². The number of carbonyl (C=O) groups is 1. The average molecular weight is 380 g/mol. The van der Waals surface area contributed by atoms with Gasteiger partial charge in [-0.2, -0.15) is 0 Å². The summed E-state index contributed by atoms with van der Waals surface area (Å²) >= 11 is 0. The van der Waals surface area contributed by atoms with Crippen LogP contribution in [0.5, 0.6) is 0 Å². The van der Waals surface area contributed by atoms with E-state index >= 15 is 0 Å². The van der Waals surface area contributed by atoms with Gasteiger partial charge in [-0.05, 0) is 12.8 Å². The number of hydrogen-bond donors (Lipinski definition) is 3. The largest absolute Gasteiger partial charge is 0.481 e. The summed E-state index contributed by atoms with van der Waals surface area (Å²) < 4.78 is 0. The second-order valence-corrected chi connectivity index (χ2v) is 6.14. The fourth-order valence-corrected chi connectivity index (χ4v) is 2.15. The SMILES string of the molecule is CCCCCCCCCCC(=O)O.CCCCN(OCCO)OCCO. The zero-order valence-electron chi connectivity index (χ0n) is 16.8. The van der Waals surface area contributed by atoms with Gasteiger partial charge in [0.25, 0.3) is 0 Å². The summed E-state index contributed by atoms with van der Waals surface area (Å²) in [5, 5.41) is 26.7. The molecule has 0 fully saturated rings. The Labute approximate surface area is 159 Å². The number of carboxylic acid groups (broad SMARTS) is 1. The van der Waals surface area contributed by atoms with Crippen molar-refractivity contribution >= 4 is 5.97 Å². The highest BCUT2D eigenvalue weighted by molar-refractivity contribution is 5.66. The van der Waals surface area contributed by atoms with Crippen LogP contribution in [0.4, 0.5) is 0 Å². The second-order valence-electron chi connectivity index (χ2n) is 6.14. The molecule has 0 heterocycles. The molecule has 0 aromatic heterocycles. The Morgan fingerprint density at radius 1 is 0.769 bits per heavy atom. The van der Waals surface area contributed by atoms with Crippen molar-refractivity contribution in [3.8, 4) is 0 Å². The quantitative estimate of drug-likeness (QED) is 0.247. The van der Waals surface area contributed by atoms with E-state index in [1.165, 1.54) is 43.8 Å². The Kier molecular flexibility index (Phi) is 25.7. The molecule has 0 aliphatic carbocycles. The van der Waals surface area contributed by atoms with Crippen LogP contribution in [0.2, 0.25) is 0 Å². The molecule has 3 N–H and O–H groups in total. The summed E-state index contributed by atoms with van der Waals surface area (Å²) in [5.41, 5.74) is 0. The van der Waals surface area contributed by atoms with Crippen LogP contribution in [0.25, 0.3) is 0 Å². The molecule has 0 saturated carbocycles. The minimum atomic E-state index is -0.661. The normalized spacial score (nSPS) is 10.7. The van der Waals surface area contributed by atoms with E-state index < -0.39 is 5.97 Å². The molecule has 0 rings (SSSR count). The van der Waals surface area contributed by atoms with Gasteiger partial charge in [0.1, 0.15) is 0 Å². The summed E-state index contributed by atoms with van der Waals surface area (Å²) in [7, 11) is 0. The number of aliphatic hydroxyl groups is 2. The lowest BCUT2D eigenvalue weighted by Gasteiger charge is -2.19.